The zero-order chi connectivity index (χ0) is 16.1. The molecule has 0 bridgehead atoms. The van der Waals surface area contributed by atoms with Crippen LogP contribution in [-0.4, -0.2) is 9.85 Å². The summed E-state index contributed by atoms with van der Waals surface area (Å²) in [6, 6.07) is 13.5. The van der Waals surface area contributed by atoms with E-state index in [4.69, 9.17) is 5.26 Å². The van der Waals surface area contributed by atoms with E-state index >= 15 is 0 Å². The molecule has 0 N–H and O–H groups in total. The van der Waals surface area contributed by atoms with Crippen molar-refractivity contribution in [2.45, 2.75) is 12.8 Å². The summed E-state index contributed by atoms with van der Waals surface area (Å²) in [7, 11) is 0. The van der Waals surface area contributed by atoms with Gasteiger partial charge in [0, 0.05) is 12.1 Å². The van der Waals surface area contributed by atoms with Crippen molar-refractivity contribution >= 4 is 11.4 Å². The smallest absolute Gasteiger partial charge is 0.258 e. The Morgan fingerprint density at radius 2 is 1.50 bits per heavy atom. The molecule has 0 aliphatic carbocycles. The Balaban J connectivity index is 2.55. The first-order chi connectivity index (χ1) is 10.5. The van der Waals surface area contributed by atoms with Crippen LogP contribution in [0.25, 0.3) is 0 Å². The van der Waals surface area contributed by atoms with E-state index in [9.17, 15) is 20.2 Å². The lowest BCUT2D eigenvalue weighted by Gasteiger charge is -2.06. The van der Waals surface area contributed by atoms with Crippen molar-refractivity contribution in [2.75, 3.05) is 0 Å². The van der Waals surface area contributed by atoms with E-state index in [1.807, 2.05) is 30.3 Å². The summed E-state index contributed by atoms with van der Waals surface area (Å²) < 4.78 is 0. The predicted octanol–water partition coefficient (Wildman–Crippen LogP) is 3.16. The number of rotatable bonds is 5. The first-order valence-corrected chi connectivity index (χ1v) is 6.38. The highest BCUT2D eigenvalue weighted by molar-refractivity contribution is 5.58. The van der Waals surface area contributed by atoms with Crippen molar-refractivity contribution in [2.24, 2.45) is 0 Å². The van der Waals surface area contributed by atoms with Crippen molar-refractivity contribution in [1.82, 2.24) is 0 Å². The normalized spacial score (nSPS) is 9.95. The first-order valence-electron chi connectivity index (χ1n) is 6.38. The Kier molecular flexibility index (Phi) is 4.44. The number of nitrogens with zero attached hydrogens (tertiary/aromatic N) is 3. The van der Waals surface area contributed by atoms with E-state index in [0.717, 1.165) is 5.56 Å². The van der Waals surface area contributed by atoms with Gasteiger partial charge in [-0.1, -0.05) is 30.3 Å². The van der Waals surface area contributed by atoms with Crippen LogP contribution in [0.5, 0.6) is 0 Å². The summed E-state index contributed by atoms with van der Waals surface area (Å²) in [5, 5.41) is 31.0. The summed E-state index contributed by atoms with van der Waals surface area (Å²) in [4.78, 5) is 20.9. The topological polar surface area (TPSA) is 110 Å². The number of hydrogen-bond donors (Lipinski definition) is 0. The van der Waals surface area contributed by atoms with Crippen LogP contribution in [0.4, 0.5) is 11.4 Å². The van der Waals surface area contributed by atoms with Crippen LogP contribution in [0, 0.1) is 31.6 Å². The molecule has 2 aromatic rings. The van der Waals surface area contributed by atoms with E-state index in [1.54, 1.807) is 6.07 Å². The van der Waals surface area contributed by atoms with Gasteiger partial charge in [-0.05, 0) is 17.5 Å². The largest absolute Gasteiger partial charge is 0.280 e. The van der Waals surface area contributed by atoms with Gasteiger partial charge in [0.25, 0.3) is 11.4 Å². The van der Waals surface area contributed by atoms with Gasteiger partial charge in [0.05, 0.1) is 22.3 Å². The van der Waals surface area contributed by atoms with Crippen molar-refractivity contribution in [3.05, 3.63) is 79.4 Å². The van der Waals surface area contributed by atoms with E-state index in [1.165, 1.54) is 12.1 Å². The van der Waals surface area contributed by atoms with E-state index in [-0.39, 0.29) is 23.4 Å². The number of nitro benzene ring substituents is 2. The lowest BCUT2D eigenvalue weighted by atomic mass is 9.99. The third-order valence-corrected chi connectivity index (χ3v) is 3.16. The van der Waals surface area contributed by atoms with Gasteiger partial charge in [-0.3, -0.25) is 20.2 Å². The average Bonchev–Trinajstić information content (AvgIpc) is 2.49. The molecule has 0 spiro atoms. The summed E-state index contributed by atoms with van der Waals surface area (Å²) in [5.74, 6) is 0. The van der Waals surface area contributed by atoms with Crippen LogP contribution in [0.1, 0.15) is 16.7 Å². The Hall–Kier alpha value is -3.27. The van der Waals surface area contributed by atoms with Gasteiger partial charge in [0.2, 0.25) is 0 Å². The Labute approximate surface area is 125 Å². The molecule has 0 radical (unpaired) electrons. The van der Waals surface area contributed by atoms with Crippen LogP contribution in [0.15, 0.2) is 42.5 Å². The molecular formula is C15H11N3O4. The molecule has 0 aromatic heterocycles. The van der Waals surface area contributed by atoms with E-state index in [0.29, 0.717) is 12.0 Å². The zero-order valence-electron chi connectivity index (χ0n) is 11.4. The molecular weight excluding hydrogens is 286 g/mol. The van der Waals surface area contributed by atoms with Gasteiger partial charge in [0.15, 0.2) is 0 Å². The highest BCUT2D eigenvalue weighted by atomic mass is 16.6. The summed E-state index contributed by atoms with van der Waals surface area (Å²) in [6.45, 7) is 0. The van der Waals surface area contributed by atoms with Gasteiger partial charge in [0.1, 0.15) is 5.56 Å². The minimum Gasteiger partial charge on any atom is -0.258 e. The zero-order valence-corrected chi connectivity index (χ0v) is 11.4. The fraction of sp³-hybridized carbons (Fsp3) is 0.133. The predicted molar refractivity (Wildman–Crippen MR) is 78.3 cm³/mol. The van der Waals surface area contributed by atoms with Crippen LogP contribution in [0.2, 0.25) is 0 Å². The van der Waals surface area contributed by atoms with E-state index in [2.05, 4.69) is 0 Å². The molecule has 7 nitrogen and oxygen atoms in total. The van der Waals surface area contributed by atoms with Gasteiger partial charge in [-0.15, -0.1) is 0 Å². The molecule has 0 amide bonds. The lowest BCUT2D eigenvalue weighted by molar-refractivity contribution is -0.395. The van der Waals surface area contributed by atoms with E-state index < -0.39 is 9.85 Å². The van der Waals surface area contributed by atoms with Crippen LogP contribution in [-0.2, 0) is 12.8 Å². The second kappa shape index (κ2) is 6.45. The van der Waals surface area contributed by atoms with Gasteiger partial charge in [-0.25, -0.2) is 0 Å². The summed E-state index contributed by atoms with van der Waals surface area (Å²) >= 11 is 0. The van der Waals surface area contributed by atoms with Gasteiger partial charge >= 0.3 is 0 Å². The maximum atomic E-state index is 11.1. The van der Waals surface area contributed by atoms with Gasteiger partial charge < -0.3 is 0 Å². The summed E-state index contributed by atoms with van der Waals surface area (Å²) in [5.41, 5.74) is 0.420. The molecule has 0 unspecified atom stereocenters. The molecule has 2 aromatic carbocycles. The molecule has 0 heterocycles. The van der Waals surface area contributed by atoms with Crippen molar-refractivity contribution in [3.63, 3.8) is 0 Å². The summed E-state index contributed by atoms with van der Waals surface area (Å²) in [6.07, 6.45) is -0.0341. The van der Waals surface area contributed by atoms with Crippen molar-refractivity contribution in [3.8, 4) is 6.07 Å². The standard InChI is InChI=1S/C15H11N3O4/c16-7-6-13-14(17(19)20)9-12(10-15(13)18(21)22)8-11-4-2-1-3-5-11/h1-5,9-10H,6,8H2. The first kappa shape index (κ1) is 15.1. The molecule has 110 valence electrons. The Morgan fingerprint density at radius 3 is 1.95 bits per heavy atom. The lowest BCUT2D eigenvalue weighted by Crippen LogP contribution is -2.03. The maximum absolute atomic E-state index is 11.1. The molecule has 7 heteroatoms. The molecule has 0 saturated carbocycles. The van der Waals surface area contributed by atoms with Crippen molar-refractivity contribution in [1.29, 1.82) is 5.26 Å². The van der Waals surface area contributed by atoms with Crippen LogP contribution < -0.4 is 0 Å². The second-order valence-electron chi connectivity index (χ2n) is 4.62. The quantitative estimate of drug-likeness (QED) is 0.621. The molecule has 0 atom stereocenters. The number of nitro groups is 2. The number of hydrogen-bond acceptors (Lipinski definition) is 5. The Bertz CT molecular complexity index is 731. The number of benzene rings is 2. The Morgan fingerprint density at radius 1 is 0.955 bits per heavy atom. The molecule has 0 saturated heterocycles. The minimum absolute atomic E-state index is 0.158. The monoisotopic (exact) mass is 297 g/mol. The highest BCUT2D eigenvalue weighted by Gasteiger charge is 2.26. The number of nitriles is 1. The van der Waals surface area contributed by atoms with Crippen LogP contribution >= 0.6 is 0 Å². The maximum Gasteiger partial charge on any atom is 0.280 e. The fourth-order valence-corrected chi connectivity index (χ4v) is 2.22. The molecule has 2 rings (SSSR count). The highest BCUT2D eigenvalue weighted by Crippen LogP contribution is 2.31. The minimum atomic E-state index is -0.686. The van der Waals surface area contributed by atoms with Crippen molar-refractivity contribution < 1.29 is 9.85 Å². The fourth-order valence-electron chi connectivity index (χ4n) is 2.22. The third-order valence-electron chi connectivity index (χ3n) is 3.16. The second-order valence-corrected chi connectivity index (χ2v) is 4.62. The SMILES string of the molecule is N#CCc1c([N+](=O)[O-])cc(Cc2ccccc2)cc1[N+](=O)[O-]. The molecule has 0 fully saturated rings. The van der Waals surface area contributed by atoms with Crippen LogP contribution in [0.3, 0.4) is 0 Å². The van der Waals surface area contributed by atoms with Gasteiger partial charge in [-0.2, -0.15) is 5.26 Å². The molecule has 22 heavy (non-hydrogen) atoms. The third kappa shape index (κ3) is 3.24. The molecule has 0 aliphatic heterocycles. The average molecular weight is 297 g/mol. The molecule has 0 aliphatic rings.